The molecule has 0 spiro atoms. The quantitative estimate of drug-likeness (QED) is 0.343. The first-order chi connectivity index (χ1) is 23.2. The number of piperazine rings is 1. The lowest BCUT2D eigenvalue weighted by molar-refractivity contribution is -0.143. The number of piperidine rings is 2. The maximum atomic E-state index is 14.1. The summed E-state index contributed by atoms with van der Waals surface area (Å²) < 4.78 is 6.04. The highest BCUT2D eigenvalue weighted by Gasteiger charge is 2.42. The summed E-state index contributed by atoms with van der Waals surface area (Å²) >= 11 is 7.92. The van der Waals surface area contributed by atoms with Crippen LogP contribution >= 0.6 is 22.9 Å². The third-order valence-electron chi connectivity index (χ3n) is 11.2. The molecule has 0 aliphatic carbocycles. The van der Waals surface area contributed by atoms with Gasteiger partial charge in [-0.3, -0.25) is 15.0 Å². The summed E-state index contributed by atoms with van der Waals surface area (Å²) in [4.78, 5) is 50.9. The SMILES string of the molecule is C#Cc1cc(C[C@@H](OC(=O)N2CCC(N3Cc4ccsc4NC3=O)CC2)C(=O)N2CCN(C3CC4CCC(C3)N4C)CC2)cc(Cl)c1N. The summed E-state index contributed by atoms with van der Waals surface area (Å²) in [5.41, 5.74) is 8.60. The largest absolute Gasteiger partial charge is 0.436 e. The third-order valence-corrected chi connectivity index (χ3v) is 12.4. The molecule has 0 saturated carbocycles. The van der Waals surface area contributed by atoms with Crippen molar-refractivity contribution in [2.75, 3.05) is 57.4 Å². The number of hydrogen-bond donors (Lipinski definition) is 2. The van der Waals surface area contributed by atoms with E-state index in [0.29, 0.717) is 85.5 Å². The lowest BCUT2D eigenvalue weighted by atomic mass is 9.96. The van der Waals surface area contributed by atoms with Crippen LogP contribution < -0.4 is 11.1 Å². The number of anilines is 2. The highest BCUT2D eigenvalue weighted by molar-refractivity contribution is 7.14. The van der Waals surface area contributed by atoms with Crippen molar-refractivity contribution in [3.05, 3.63) is 45.3 Å². The standard InChI is InChI=1S/C35H44ClN7O4S/c1-3-23-16-22(17-29(36)31(23)37)18-30(33(44)41-13-11-40(12-14-41)28-19-26-4-5-27(20-28)39(26)2)47-35(46)42-9-6-25(7-10-42)43-21-24-8-15-48-32(24)38-34(43)45/h1,8,15-17,25-28,30H,4-7,9-14,18-21,37H2,2H3,(H,38,45)/t26?,27?,28?,30-/m1/s1. The number of nitrogens with two attached hydrogens (primary N) is 1. The second-order valence-electron chi connectivity index (χ2n) is 13.8. The minimum Gasteiger partial charge on any atom is -0.436 e. The number of ether oxygens (including phenoxy) is 1. The van der Waals surface area contributed by atoms with Gasteiger partial charge in [0.1, 0.15) is 5.00 Å². The van der Waals surface area contributed by atoms with Crippen LogP contribution in [0.15, 0.2) is 23.6 Å². The first-order valence-corrected chi connectivity index (χ1v) is 18.3. The zero-order valence-corrected chi connectivity index (χ0v) is 29.0. The normalized spacial score (nSPS) is 25.7. The van der Waals surface area contributed by atoms with E-state index in [2.05, 4.69) is 28.1 Å². The third kappa shape index (κ3) is 6.58. The minimum absolute atomic E-state index is 0.00897. The number of nitrogen functional groups attached to an aromatic ring is 1. The first kappa shape index (κ1) is 33.0. The molecule has 1 aromatic heterocycles. The van der Waals surface area contributed by atoms with Crippen LogP contribution in [0.5, 0.6) is 0 Å². The van der Waals surface area contributed by atoms with Crippen molar-refractivity contribution in [3.63, 3.8) is 0 Å². The lowest BCUT2D eigenvalue weighted by Gasteiger charge is -2.45. The molecule has 2 unspecified atom stereocenters. The van der Waals surface area contributed by atoms with Gasteiger partial charge in [-0.05, 0) is 74.7 Å². The molecule has 13 heteroatoms. The molecule has 4 fully saturated rings. The Bertz CT molecular complexity index is 1580. The molecule has 11 nitrogen and oxygen atoms in total. The molecule has 48 heavy (non-hydrogen) atoms. The molecule has 5 aliphatic rings. The van der Waals surface area contributed by atoms with Crippen LogP contribution in [0.2, 0.25) is 5.02 Å². The highest BCUT2D eigenvalue weighted by atomic mass is 35.5. The number of nitrogens with one attached hydrogen (secondary N) is 1. The Labute approximate surface area is 291 Å². The van der Waals surface area contributed by atoms with E-state index in [1.54, 1.807) is 17.0 Å². The van der Waals surface area contributed by atoms with Gasteiger partial charge < -0.3 is 30.1 Å². The number of amides is 4. The smallest absolute Gasteiger partial charge is 0.410 e. The van der Waals surface area contributed by atoms with Gasteiger partial charge in [-0.25, -0.2) is 9.59 Å². The predicted octanol–water partition coefficient (Wildman–Crippen LogP) is 4.29. The van der Waals surface area contributed by atoms with E-state index >= 15 is 0 Å². The number of hydrogen-bond acceptors (Lipinski definition) is 8. The number of carbonyl (C=O) groups excluding carboxylic acids is 3. The Morgan fingerprint density at radius 2 is 1.75 bits per heavy atom. The number of thiophene rings is 1. The predicted molar refractivity (Wildman–Crippen MR) is 187 cm³/mol. The zero-order chi connectivity index (χ0) is 33.5. The number of nitrogens with zero attached hydrogens (tertiary/aromatic N) is 5. The molecule has 0 radical (unpaired) electrons. The summed E-state index contributed by atoms with van der Waals surface area (Å²) in [6.45, 7) is 4.20. The maximum absolute atomic E-state index is 14.1. The van der Waals surface area contributed by atoms with E-state index in [1.165, 1.54) is 37.0 Å². The molecule has 7 rings (SSSR count). The fourth-order valence-electron chi connectivity index (χ4n) is 8.34. The topological polar surface area (TPSA) is 115 Å². The number of fused-ring (bicyclic) bond motifs is 3. The second-order valence-corrected chi connectivity index (χ2v) is 15.2. The number of terminal acetylenes is 1. The van der Waals surface area contributed by atoms with E-state index in [4.69, 9.17) is 28.5 Å². The van der Waals surface area contributed by atoms with Crippen molar-refractivity contribution < 1.29 is 19.1 Å². The van der Waals surface area contributed by atoms with Gasteiger partial charge in [-0.15, -0.1) is 17.8 Å². The Balaban J connectivity index is 1.00. The van der Waals surface area contributed by atoms with Gasteiger partial charge in [0.2, 0.25) is 0 Å². The van der Waals surface area contributed by atoms with Crippen LogP contribution in [0.1, 0.15) is 55.2 Å². The molecule has 5 aliphatic heterocycles. The van der Waals surface area contributed by atoms with Crippen LogP contribution in [-0.2, 0) is 22.5 Å². The van der Waals surface area contributed by atoms with Crippen molar-refractivity contribution in [2.45, 2.75) is 81.8 Å². The number of carbonyl (C=O) groups is 3. The van der Waals surface area contributed by atoms with Crippen LogP contribution in [0, 0.1) is 12.3 Å². The van der Waals surface area contributed by atoms with Gasteiger partial charge >= 0.3 is 12.1 Å². The molecule has 2 bridgehead atoms. The molecule has 3 atom stereocenters. The van der Waals surface area contributed by atoms with Gasteiger partial charge in [0.25, 0.3) is 5.91 Å². The van der Waals surface area contributed by atoms with E-state index in [9.17, 15) is 14.4 Å². The average molecular weight is 694 g/mol. The lowest BCUT2D eigenvalue weighted by Crippen LogP contribution is -2.57. The van der Waals surface area contributed by atoms with Gasteiger partial charge in [0.15, 0.2) is 6.10 Å². The molecule has 256 valence electrons. The second kappa shape index (κ2) is 13.8. The summed E-state index contributed by atoms with van der Waals surface area (Å²) in [7, 11) is 2.26. The number of rotatable bonds is 6. The Morgan fingerprint density at radius 3 is 2.44 bits per heavy atom. The Kier molecular flexibility index (Phi) is 9.48. The van der Waals surface area contributed by atoms with Crippen molar-refractivity contribution in [1.82, 2.24) is 24.5 Å². The highest BCUT2D eigenvalue weighted by Crippen LogP contribution is 2.37. The average Bonchev–Trinajstić information content (AvgIpc) is 3.62. The first-order valence-electron chi connectivity index (χ1n) is 17.1. The molecule has 4 amide bonds. The summed E-state index contributed by atoms with van der Waals surface area (Å²) in [5.74, 6) is 2.35. The zero-order valence-electron chi connectivity index (χ0n) is 27.4. The number of benzene rings is 1. The van der Waals surface area contributed by atoms with Crippen molar-refractivity contribution in [3.8, 4) is 12.3 Å². The van der Waals surface area contributed by atoms with Gasteiger partial charge in [0.05, 0.1) is 17.3 Å². The van der Waals surface area contributed by atoms with Crippen LogP contribution in [0.3, 0.4) is 0 Å². The fraction of sp³-hybridized carbons (Fsp3) is 0.571. The van der Waals surface area contributed by atoms with E-state index in [-0.39, 0.29) is 24.4 Å². The molecule has 2 aromatic rings. The minimum atomic E-state index is -1.05. The van der Waals surface area contributed by atoms with E-state index < -0.39 is 12.2 Å². The summed E-state index contributed by atoms with van der Waals surface area (Å²) in [6.07, 6.45) is 10.4. The molecule has 6 heterocycles. The molecule has 1 aromatic carbocycles. The van der Waals surface area contributed by atoms with Crippen molar-refractivity contribution in [2.24, 2.45) is 0 Å². The van der Waals surface area contributed by atoms with Crippen LogP contribution in [0.25, 0.3) is 0 Å². The van der Waals surface area contributed by atoms with Crippen LogP contribution in [-0.4, -0.2) is 119 Å². The summed E-state index contributed by atoms with van der Waals surface area (Å²) in [6, 6.07) is 7.23. The Morgan fingerprint density at radius 1 is 1.04 bits per heavy atom. The summed E-state index contributed by atoms with van der Waals surface area (Å²) in [5, 5.41) is 6.17. The van der Waals surface area contributed by atoms with Crippen molar-refractivity contribution in [1.29, 1.82) is 0 Å². The fourth-order valence-corrected chi connectivity index (χ4v) is 9.38. The van der Waals surface area contributed by atoms with Gasteiger partial charge in [0, 0.05) is 81.0 Å². The number of halogens is 1. The number of urea groups is 1. The number of likely N-dealkylation sites (tertiary alicyclic amines) is 1. The molecular formula is C35H44ClN7O4S. The van der Waals surface area contributed by atoms with Crippen LogP contribution in [0.4, 0.5) is 20.3 Å². The van der Waals surface area contributed by atoms with E-state index in [1.807, 2.05) is 21.2 Å². The van der Waals surface area contributed by atoms with E-state index in [0.717, 1.165) is 23.7 Å². The Hall–Kier alpha value is -3.50. The molecular weight excluding hydrogens is 650 g/mol. The van der Waals surface area contributed by atoms with Crippen molar-refractivity contribution >= 4 is 51.7 Å². The molecule has 3 N–H and O–H groups in total. The maximum Gasteiger partial charge on any atom is 0.410 e. The monoisotopic (exact) mass is 693 g/mol. The van der Waals surface area contributed by atoms with Gasteiger partial charge in [-0.2, -0.15) is 0 Å². The molecule has 4 saturated heterocycles. The van der Waals surface area contributed by atoms with Gasteiger partial charge in [-0.1, -0.05) is 17.5 Å².